The molecule has 6 heteroatoms. The number of benzene rings is 1. The Hall–Kier alpha value is -1.30. The maximum Gasteiger partial charge on any atom is 0.257 e. The average Bonchev–Trinajstić information content (AvgIpc) is 3.04. The van der Waals surface area contributed by atoms with E-state index in [0.29, 0.717) is 41.3 Å². The van der Waals surface area contributed by atoms with Crippen molar-refractivity contribution in [2.75, 3.05) is 46.4 Å². The molecule has 0 spiro atoms. The second-order valence-corrected chi connectivity index (χ2v) is 7.02. The number of nitrogens with two attached hydrogens (primary N) is 1. The highest BCUT2D eigenvalue weighted by Crippen LogP contribution is 2.33. The summed E-state index contributed by atoms with van der Waals surface area (Å²) >= 11 is 6.05. The topological polar surface area (TPSA) is 58.8 Å². The van der Waals surface area contributed by atoms with Crippen molar-refractivity contribution in [2.24, 2.45) is 17.6 Å². The van der Waals surface area contributed by atoms with Gasteiger partial charge in [-0.05, 0) is 50.0 Å². The van der Waals surface area contributed by atoms with Gasteiger partial charge in [-0.15, -0.1) is 0 Å². The van der Waals surface area contributed by atoms with E-state index in [-0.39, 0.29) is 5.91 Å². The summed E-state index contributed by atoms with van der Waals surface area (Å²) in [6.45, 7) is 4.88. The molecule has 0 unspecified atom stereocenters. The molecule has 23 heavy (non-hydrogen) atoms. The third kappa shape index (κ3) is 3.62. The van der Waals surface area contributed by atoms with E-state index in [9.17, 15) is 4.79 Å². The lowest BCUT2D eigenvalue weighted by Crippen LogP contribution is -2.32. The Morgan fingerprint density at radius 1 is 1.30 bits per heavy atom. The number of fused-ring (bicyclic) bond motifs is 1. The summed E-state index contributed by atoms with van der Waals surface area (Å²) in [7, 11) is 2.15. The molecule has 0 saturated carbocycles. The normalized spacial score (nSPS) is 24.0. The third-order valence-electron chi connectivity index (χ3n) is 4.74. The molecule has 0 bridgehead atoms. The average molecular weight is 338 g/mol. The summed E-state index contributed by atoms with van der Waals surface area (Å²) < 4.78 is 5.73. The van der Waals surface area contributed by atoms with Crippen molar-refractivity contribution in [2.45, 2.75) is 6.42 Å². The minimum atomic E-state index is 0.0430. The Labute approximate surface area is 142 Å². The zero-order valence-electron chi connectivity index (χ0n) is 13.5. The van der Waals surface area contributed by atoms with Crippen LogP contribution in [0.2, 0.25) is 5.02 Å². The molecule has 1 aromatic carbocycles. The number of hydrogen-bond acceptors (Lipinski definition) is 4. The van der Waals surface area contributed by atoms with Gasteiger partial charge in [0.1, 0.15) is 5.75 Å². The fourth-order valence-corrected chi connectivity index (χ4v) is 3.78. The molecule has 3 rings (SSSR count). The number of rotatable bonds is 5. The van der Waals surface area contributed by atoms with Crippen LogP contribution in [0.25, 0.3) is 0 Å². The van der Waals surface area contributed by atoms with E-state index in [1.54, 1.807) is 18.2 Å². The van der Waals surface area contributed by atoms with E-state index < -0.39 is 0 Å². The van der Waals surface area contributed by atoms with Crippen molar-refractivity contribution < 1.29 is 9.53 Å². The van der Waals surface area contributed by atoms with Crippen LogP contribution in [0, 0.1) is 11.8 Å². The molecule has 2 heterocycles. The largest absolute Gasteiger partial charge is 0.493 e. The lowest BCUT2D eigenvalue weighted by Gasteiger charge is -2.21. The number of carbonyl (C=O) groups is 1. The number of hydrogen-bond donors (Lipinski definition) is 1. The zero-order chi connectivity index (χ0) is 16.4. The van der Waals surface area contributed by atoms with E-state index in [1.807, 2.05) is 4.90 Å². The van der Waals surface area contributed by atoms with Gasteiger partial charge >= 0.3 is 0 Å². The predicted octanol–water partition coefficient (Wildman–Crippen LogP) is 1.70. The molecular weight excluding hydrogens is 314 g/mol. The summed E-state index contributed by atoms with van der Waals surface area (Å²) in [5.41, 5.74) is 6.10. The molecule has 126 valence electrons. The maximum absolute atomic E-state index is 12.9. The van der Waals surface area contributed by atoms with Crippen molar-refractivity contribution in [3.05, 3.63) is 28.8 Å². The molecule has 2 atom stereocenters. The van der Waals surface area contributed by atoms with Gasteiger partial charge < -0.3 is 20.3 Å². The summed E-state index contributed by atoms with van der Waals surface area (Å²) in [4.78, 5) is 17.2. The SMILES string of the molecule is CN1C[C@@H]2CN(C(=O)c3ccc(Cl)cc3OCCCN)C[C@@H]2C1. The summed E-state index contributed by atoms with van der Waals surface area (Å²) in [6, 6.07) is 5.23. The smallest absolute Gasteiger partial charge is 0.257 e. The van der Waals surface area contributed by atoms with Gasteiger partial charge in [0.25, 0.3) is 5.91 Å². The van der Waals surface area contributed by atoms with Crippen LogP contribution in [0.1, 0.15) is 16.8 Å². The van der Waals surface area contributed by atoms with Crippen molar-refractivity contribution >= 4 is 17.5 Å². The van der Waals surface area contributed by atoms with Gasteiger partial charge in [0, 0.05) is 31.2 Å². The lowest BCUT2D eigenvalue weighted by molar-refractivity contribution is 0.0771. The number of halogens is 1. The highest BCUT2D eigenvalue weighted by atomic mass is 35.5. The van der Waals surface area contributed by atoms with Gasteiger partial charge in [0.15, 0.2) is 0 Å². The number of ether oxygens (including phenoxy) is 1. The van der Waals surface area contributed by atoms with Crippen molar-refractivity contribution in [3.63, 3.8) is 0 Å². The van der Waals surface area contributed by atoms with E-state index in [1.165, 1.54) is 0 Å². The highest BCUT2D eigenvalue weighted by molar-refractivity contribution is 6.30. The second kappa shape index (κ2) is 7.07. The monoisotopic (exact) mass is 337 g/mol. The van der Waals surface area contributed by atoms with Crippen LogP contribution in [0.3, 0.4) is 0 Å². The van der Waals surface area contributed by atoms with Crippen LogP contribution in [-0.2, 0) is 0 Å². The molecule has 2 aliphatic heterocycles. The minimum absolute atomic E-state index is 0.0430. The fraction of sp³-hybridized carbons (Fsp3) is 0.588. The van der Waals surface area contributed by atoms with E-state index in [0.717, 1.165) is 32.6 Å². The standard InChI is InChI=1S/C17H24ClN3O2/c1-20-8-12-10-21(11-13(12)9-20)17(22)15-4-3-14(18)7-16(15)23-6-2-5-19/h3-4,7,12-13H,2,5-6,8-11,19H2,1H3/t12-,13+. The number of carbonyl (C=O) groups excluding carboxylic acids is 1. The first-order valence-electron chi connectivity index (χ1n) is 8.18. The molecule has 1 amide bonds. The lowest BCUT2D eigenvalue weighted by atomic mass is 10.0. The Morgan fingerprint density at radius 2 is 2.00 bits per heavy atom. The number of nitrogens with zero attached hydrogens (tertiary/aromatic N) is 2. The highest BCUT2D eigenvalue weighted by Gasteiger charge is 2.40. The molecule has 2 aliphatic rings. The van der Waals surface area contributed by atoms with Crippen molar-refractivity contribution in [3.8, 4) is 5.75 Å². The molecule has 2 saturated heterocycles. The van der Waals surface area contributed by atoms with Crippen molar-refractivity contribution in [1.82, 2.24) is 9.80 Å². The van der Waals surface area contributed by atoms with Crippen LogP contribution in [-0.4, -0.2) is 62.1 Å². The Morgan fingerprint density at radius 3 is 2.65 bits per heavy atom. The molecule has 0 radical (unpaired) electrons. The first-order chi connectivity index (χ1) is 11.1. The Balaban J connectivity index is 1.72. The zero-order valence-corrected chi connectivity index (χ0v) is 14.3. The van der Waals surface area contributed by atoms with Crippen molar-refractivity contribution in [1.29, 1.82) is 0 Å². The number of amides is 1. The minimum Gasteiger partial charge on any atom is -0.493 e. The first-order valence-corrected chi connectivity index (χ1v) is 8.56. The quantitative estimate of drug-likeness (QED) is 0.831. The van der Waals surface area contributed by atoms with Gasteiger partial charge in [0.2, 0.25) is 0 Å². The van der Waals surface area contributed by atoms with Crippen LogP contribution >= 0.6 is 11.6 Å². The summed E-state index contributed by atoms with van der Waals surface area (Å²) in [6.07, 6.45) is 0.750. The first kappa shape index (κ1) is 16.6. The second-order valence-electron chi connectivity index (χ2n) is 6.58. The van der Waals surface area contributed by atoms with E-state index in [2.05, 4.69) is 11.9 Å². The molecule has 1 aromatic rings. The fourth-order valence-electron chi connectivity index (χ4n) is 3.62. The summed E-state index contributed by atoms with van der Waals surface area (Å²) in [5.74, 6) is 1.79. The van der Waals surface area contributed by atoms with Gasteiger partial charge in [-0.2, -0.15) is 0 Å². The van der Waals surface area contributed by atoms with E-state index in [4.69, 9.17) is 22.1 Å². The number of likely N-dealkylation sites (tertiary alicyclic amines) is 2. The van der Waals surface area contributed by atoms with Crippen LogP contribution in [0.4, 0.5) is 0 Å². The van der Waals surface area contributed by atoms with Gasteiger partial charge in [0.05, 0.1) is 12.2 Å². The van der Waals surface area contributed by atoms with Crippen LogP contribution in [0.5, 0.6) is 5.75 Å². The van der Waals surface area contributed by atoms with Gasteiger partial charge in [-0.25, -0.2) is 0 Å². The predicted molar refractivity (Wildman–Crippen MR) is 91.0 cm³/mol. The van der Waals surface area contributed by atoms with Crippen LogP contribution in [0.15, 0.2) is 18.2 Å². The molecule has 0 aromatic heterocycles. The van der Waals surface area contributed by atoms with Gasteiger partial charge in [-0.1, -0.05) is 11.6 Å². The molecular formula is C17H24ClN3O2. The van der Waals surface area contributed by atoms with Gasteiger partial charge in [-0.3, -0.25) is 4.79 Å². The van der Waals surface area contributed by atoms with E-state index >= 15 is 0 Å². The Bertz CT molecular complexity index is 567. The third-order valence-corrected chi connectivity index (χ3v) is 4.97. The Kier molecular flexibility index (Phi) is 5.09. The molecule has 5 nitrogen and oxygen atoms in total. The summed E-state index contributed by atoms with van der Waals surface area (Å²) in [5, 5.41) is 0.573. The molecule has 2 fully saturated rings. The van der Waals surface area contributed by atoms with Crippen LogP contribution < -0.4 is 10.5 Å². The molecule has 0 aliphatic carbocycles. The maximum atomic E-state index is 12.9. The molecule has 2 N–H and O–H groups in total.